The molecule has 1 saturated carbocycles. The van der Waals surface area contributed by atoms with E-state index in [1.165, 1.54) is 0 Å². The van der Waals surface area contributed by atoms with Gasteiger partial charge in [-0.25, -0.2) is 0 Å². The number of carbonyl (C=O) groups excluding carboxylic acids is 3. The van der Waals surface area contributed by atoms with Crippen LogP contribution in [-0.4, -0.2) is 23.3 Å². The summed E-state index contributed by atoms with van der Waals surface area (Å²) in [6, 6.07) is 5.46. The van der Waals surface area contributed by atoms with Crippen LogP contribution in [0, 0.1) is 5.92 Å². The van der Waals surface area contributed by atoms with Crippen LogP contribution in [0.2, 0.25) is 0 Å². The largest absolute Gasteiger partial charge is 0.541 e. The molecule has 0 N–H and O–H groups in total. The van der Waals surface area contributed by atoms with Crippen LogP contribution in [0.4, 0.5) is 0 Å². The molecule has 1 fully saturated rings. The second-order valence-corrected chi connectivity index (χ2v) is 3.67. The van der Waals surface area contributed by atoms with Gasteiger partial charge in [0.2, 0.25) is 0 Å². The van der Waals surface area contributed by atoms with E-state index in [2.05, 4.69) is 4.98 Å². The zero-order valence-electron chi connectivity index (χ0n) is 10.5. The van der Waals surface area contributed by atoms with Crippen molar-refractivity contribution in [2.24, 2.45) is 5.92 Å². The van der Waals surface area contributed by atoms with Gasteiger partial charge in [-0.05, 0) is 18.6 Å². The Labute approximate surface area is 163 Å². The molecule has 1 aromatic rings. The predicted molar refractivity (Wildman–Crippen MR) is 61.7 cm³/mol. The summed E-state index contributed by atoms with van der Waals surface area (Å²) >= 11 is 0. The summed E-state index contributed by atoms with van der Waals surface area (Å²) < 4.78 is 0. The van der Waals surface area contributed by atoms with Crippen LogP contribution < -0.4 is 0 Å². The van der Waals surface area contributed by atoms with Crippen molar-refractivity contribution < 1.29 is 79.8 Å². The van der Waals surface area contributed by atoms with E-state index in [1.54, 1.807) is 24.8 Å². The van der Waals surface area contributed by atoms with Gasteiger partial charge in [-0.1, -0.05) is 18.4 Å². The molecule has 6 heteroatoms. The molecule has 1 heterocycles. The molecule has 1 aliphatic rings. The van der Waals surface area contributed by atoms with Crippen LogP contribution in [-0.2, 0) is 86.2 Å². The zero-order valence-corrected chi connectivity index (χ0v) is 16.2. The maximum Gasteiger partial charge on any atom is 0.109 e. The number of nitrogens with zero attached hydrogens (tertiary/aromatic N) is 1. The molecule has 0 aromatic carbocycles. The van der Waals surface area contributed by atoms with E-state index < -0.39 is 0 Å². The summed E-state index contributed by atoms with van der Waals surface area (Å²) in [6.45, 7) is 0. The van der Waals surface area contributed by atoms with Gasteiger partial charge in [0.1, 0.15) is 5.78 Å². The quantitative estimate of drug-likeness (QED) is 0.556. The maximum absolute atomic E-state index is 10.5. The Hall–Kier alpha value is 0.368. The first-order valence-corrected chi connectivity index (χ1v) is 5.43. The SMILES string of the molecule is O=[C-]C1CCCC1=O.O=[C-]Cc1ccccn1.[Y].[Y]. The Kier molecular flexibility index (Phi) is 15.2. The van der Waals surface area contributed by atoms with Gasteiger partial charge in [-0.2, -0.15) is 0 Å². The molecule has 4 nitrogen and oxygen atoms in total. The maximum atomic E-state index is 10.5. The molecule has 19 heavy (non-hydrogen) atoms. The predicted octanol–water partition coefficient (Wildman–Crippen LogP) is 1.19. The summed E-state index contributed by atoms with van der Waals surface area (Å²) in [6.07, 6.45) is 7.62. The van der Waals surface area contributed by atoms with Gasteiger partial charge >= 0.3 is 0 Å². The second-order valence-electron chi connectivity index (χ2n) is 3.67. The van der Waals surface area contributed by atoms with Crippen molar-refractivity contribution in [1.82, 2.24) is 4.98 Å². The molecule has 0 bridgehead atoms. The van der Waals surface area contributed by atoms with Crippen LogP contribution in [0.25, 0.3) is 0 Å². The summed E-state index contributed by atoms with van der Waals surface area (Å²) in [5.41, 5.74) is 0.771. The molecule has 96 valence electrons. The van der Waals surface area contributed by atoms with E-state index in [4.69, 9.17) is 0 Å². The number of carbonyl (C=O) groups is 1. The van der Waals surface area contributed by atoms with Crippen molar-refractivity contribution in [3.05, 3.63) is 30.1 Å². The van der Waals surface area contributed by atoms with Gasteiger partial charge in [0, 0.05) is 83.7 Å². The minimum atomic E-state index is -0.380. The number of hydrogen-bond donors (Lipinski definition) is 0. The Morgan fingerprint density at radius 1 is 1.26 bits per heavy atom. The minimum Gasteiger partial charge on any atom is -0.541 e. The number of rotatable bonds is 3. The van der Waals surface area contributed by atoms with Crippen LogP contribution in [0.5, 0.6) is 0 Å². The van der Waals surface area contributed by atoms with Crippen LogP contribution >= 0.6 is 0 Å². The number of hydrogen-bond acceptors (Lipinski definition) is 4. The minimum absolute atomic E-state index is 0. The smallest absolute Gasteiger partial charge is 0.109 e. The molecule has 2 rings (SSSR count). The van der Waals surface area contributed by atoms with E-state index >= 15 is 0 Å². The van der Waals surface area contributed by atoms with Crippen LogP contribution in [0.15, 0.2) is 24.4 Å². The van der Waals surface area contributed by atoms with E-state index in [1.807, 2.05) is 12.1 Å². The molecule has 2 radical (unpaired) electrons. The summed E-state index contributed by atoms with van der Waals surface area (Å²) in [7, 11) is 0. The van der Waals surface area contributed by atoms with Crippen molar-refractivity contribution in [3.8, 4) is 0 Å². The Balaban J connectivity index is 0. The molecule has 0 saturated heterocycles. The van der Waals surface area contributed by atoms with Gasteiger partial charge < -0.3 is 14.4 Å². The third-order valence-corrected chi connectivity index (χ3v) is 2.43. The van der Waals surface area contributed by atoms with Crippen LogP contribution in [0.1, 0.15) is 25.0 Å². The van der Waals surface area contributed by atoms with Gasteiger partial charge in [0.15, 0.2) is 0 Å². The van der Waals surface area contributed by atoms with Gasteiger partial charge in [-0.15, -0.1) is 6.42 Å². The van der Waals surface area contributed by atoms with Crippen molar-refractivity contribution in [2.75, 3.05) is 0 Å². The molecule has 1 aromatic heterocycles. The van der Waals surface area contributed by atoms with E-state index in [0.29, 0.717) is 12.8 Å². The molecule has 0 aliphatic heterocycles. The second kappa shape index (κ2) is 13.4. The summed E-state index contributed by atoms with van der Waals surface area (Å²) in [5.74, 6) is -0.310. The van der Waals surface area contributed by atoms with Crippen molar-refractivity contribution in [1.29, 1.82) is 0 Å². The first kappa shape index (κ1) is 21.7. The molecule has 1 unspecified atom stereocenters. The van der Waals surface area contributed by atoms with Gasteiger partial charge in [-0.3, -0.25) is 17.6 Å². The molecule has 0 amide bonds. The fraction of sp³-hybridized carbons (Fsp3) is 0.385. The Morgan fingerprint density at radius 3 is 2.37 bits per heavy atom. The van der Waals surface area contributed by atoms with Crippen molar-refractivity contribution in [3.63, 3.8) is 0 Å². The molecule has 0 spiro atoms. The molecular weight excluding hydrogens is 396 g/mol. The molecule has 1 atom stereocenters. The number of ketones is 1. The topological polar surface area (TPSA) is 64.1 Å². The Morgan fingerprint density at radius 2 is 2.00 bits per heavy atom. The van der Waals surface area contributed by atoms with Gasteiger partial charge in [0.05, 0.1) is 0 Å². The van der Waals surface area contributed by atoms with Crippen molar-refractivity contribution >= 4 is 18.4 Å². The van der Waals surface area contributed by atoms with E-state index in [0.717, 1.165) is 18.5 Å². The fourth-order valence-electron chi connectivity index (χ4n) is 1.52. The molecular formula is C13H13NO3Y2-2. The normalized spacial score (nSPS) is 16.2. The third-order valence-electron chi connectivity index (χ3n) is 2.43. The average molecular weight is 409 g/mol. The number of pyridine rings is 1. The summed E-state index contributed by atoms with van der Waals surface area (Å²) in [4.78, 5) is 34.1. The summed E-state index contributed by atoms with van der Waals surface area (Å²) in [5, 5.41) is 0. The monoisotopic (exact) mass is 409 g/mol. The van der Waals surface area contributed by atoms with Crippen LogP contribution in [0.3, 0.4) is 0 Å². The zero-order chi connectivity index (χ0) is 12.5. The Bertz CT molecular complexity index is 385. The standard InChI is InChI=1S/C7H6NO.C6H7O2.2Y/c9-6-4-7-3-1-2-5-8-7;7-4-5-2-1-3-6(5)8;;/h1-3,5H,4H2;5H,1-3H2;;/q2*-1;;. The average Bonchev–Trinajstić information content (AvgIpc) is 2.77. The number of Topliss-reactive ketones (excluding diaryl/α,β-unsaturated/α-hetero) is 1. The first-order chi connectivity index (χ1) is 8.27. The number of aromatic nitrogens is 1. The first-order valence-electron chi connectivity index (χ1n) is 5.43. The molecule has 1 aliphatic carbocycles. The fourth-order valence-corrected chi connectivity index (χ4v) is 1.52. The van der Waals surface area contributed by atoms with E-state index in [-0.39, 0.29) is 77.1 Å². The van der Waals surface area contributed by atoms with Crippen molar-refractivity contribution in [2.45, 2.75) is 25.7 Å². The van der Waals surface area contributed by atoms with E-state index in [9.17, 15) is 14.4 Å². The van der Waals surface area contributed by atoms with Gasteiger partial charge in [0.25, 0.3) is 0 Å². The third kappa shape index (κ3) is 9.01.